The van der Waals surface area contributed by atoms with Crippen LogP contribution in [0.1, 0.15) is 11.7 Å². The predicted molar refractivity (Wildman–Crippen MR) is 54.6 cm³/mol. The normalized spacial score (nSPS) is 20.7. The van der Waals surface area contributed by atoms with Crippen molar-refractivity contribution in [2.75, 3.05) is 19.7 Å². The molecule has 1 aromatic carbocycles. The number of benzene rings is 1. The van der Waals surface area contributed by atoms with Crippen molar-refractivity contribution in [1.29, 1.82) is 0 Å². The van der Waals surface area contributed by atoms with Crippen LogP contribution in [-0.2, 0) is 4.74 Å². The highest BCUT2D eigenvalue weighted by molar-refractivity contribution is 5.42. The average Bonchev–Trinajstić information content (AvgIpc) is 2.29. The summed E-state index contributed by atoms with van der Waals surface area (Å²) in [4.78, 5) is 10.2. The zero-order valence-corrected chi connectivity index (χ0v) is 8.48. The molecule has 86 valence electrons. The Hall–Kier alpha value is -1.53. The minimum atomic E-state index is -0.595. The number of ether oxygens (including phenoxy) is 1. The molecule has 0 aliphatic carbocycles. The minimum Gasteiger partial charge on any atom is -0.370 e. The highest BCUT2D eigenvalue weighted by Gasteiger charge is 2.27. The molecule has 1 fully saturated rings. The lowest BCUT2D eigenvalue weighted by Gasteiger charge is -2.23. The van der Waals surface area contributed by atoms with Crippen molar-refractivity contribution in [2.45, 2.75) is 6.10 Å². The molecule has 2 rings (SSSR count). The van der Waals surface area contributed by atoms with Gasteiger partial charge in [-0.25, -0.2) is 4.39 Å². The molecule has 1 aliphatic heterocycles. The van der Waals surface area contributed by atoms with Crippen LogP contribution in [0.3, 0.4) is 0 Å². The molecule has 0 bridgehead atoms. The summed E-state index contributed by atoms with van der Waals surface area (Å²) in [5.74, 6) is -0.595. The van der Waals surface area contributed by atoms with Gasteiger partial charge in [0.05, 0.1) is 17.1 Å². The fraction of sp³-hybridized carbons (Fsp3) is 0.400. The molecule has 0 amide bonds. The lowest BCUT2D eigenvalue weighted by atomic mass is 10.1. The topological polar surface area (TPSA) is 64.4 Å². The average molecular weight is 226 g/mol. The van der Waals surface area contributed by atoms with Crippen molar-refractivity contribution in [3.63, 3.8) is 0 Å². The van der Waals surface area contributed by atoms with Crippen molar-refractivity contribution in [3.8, 4) is 0 Å². The Balaban J connectivity index is 2.40. The number of hydrogen-bond donors (Lipinski definition) is 1. The van der Waals surface area contributed by atoms with E-state index in [0.717, 1.165) is 0 Å². The number of halogens is 1. The third kappa shape index (κ3) is 2.02. The number of morpholine rings is 1. The molecule has 1 saturated heterocycles. The maximum atomic E-state index is 13.6. The SMILES string of the molecule is O=[N+]([O-])c1cccc(F)c1C1CNCCO1. The molecule has 5 nitrogen and oxygen atoms in total. The van der Waals surface area contributed by atoms with E-state index in [9.17, 15) is 14.5 Å². The van der Waals surface area contributed by atoms with E-state index in [1.54, 1.807) is 0 Å². The zero-order chi connectivity index (χ0) is 11.5. The van der Waals surface area contributed by atoms with E-state index < -0.39 is 16.8 Å². The highest BCUT2D eigenvalue weighted by Crippen LogP contribution is 2.30. The number of nitro benzene ring substituents is 1. The molecular formula is C10H11FN2O3. The van der Waals surface area contributed by atoms with E-state index in [1.807, 2.05) is 0 Å². The van der Waals surface area contributed by atoms with E-state index in [-0.39, 0.29) is 11.3 Å². The van der Waals surface area contributed by atoms with Crippen LogP contribution in [0.15, 0.2) is 18.2 Å². The van der Waals surface area contributed by atoms with Gasteiger partial charge in [0.2, 0.25) is 0 Å². The summed E-state index contributed by atoms with van der Waals surface area (Å²) in [5, 5.41) is 13.8. The molecule has 1 N–H and O–H groups in total. The van der Waals surface area contributed by atoms with Crippen molar-refractivity contribution in [1.82, 2.24) is 5.32 Å². The Labute approximate surface area is 91.4 Å². The molecule has 16 heavy (non-hydrogen) atoms. The van der Waals surface area contributed by atoms with Gasteiger partial charge in [-0.05, 0) is 6.07 Å². The van der Waals surface area contributed by atoms with E-state index >= 15 is 0 Å². The molecule has 0 spiro atoms. The highest BCUT2D eigenvalue weighted by atomic mass is 19.1. The van der Waals surface area contributed by atoms with Crippen LogP contribution in [0.25, 0.3) is 0 Å². The van der Waals surface area contributed by atoms with Crippen molar-refractivity contribution in [3.05, 3.63) is 39.7 Å². The first kappa shape index (κ1) is 11.0. The molecule has 1 atom stereocenters. The van der Waals surface area contributed by atoms with Crippen LogP contribution < -0.4 is 5.32 Å². The molecule has 1 unspecified atom stereocenters. The first-order valence-electron chi connectivity index (χ1n) is 4.95. The molecule has 1 aromatic rings. The minimum absolute atomic E-state index is 0.0275. The summed E-state index contributed by atoms with van der Waals surface area (Å²) in [5.41, 5.74) is -0.201. The second-order valence-corrected chi connectivity index (χ2v) is 3.49. The number of nitrogens with zero attached hydrogens (tertiary/aromatic N) is 1. The van der Waals surface area contributed by atoms with Gasteiger partial charge in [-0.15, -0.1) is 0 Å². The maximum absolute atomic E-state index is 13.6. The van der Waals surface area contributed by atoms with Gasteiger partial charge in [-0.3, -0.25) is 10.1 Å². The Morgan fingerprint density at radius 2 is 2.38 bits per heavy atom. The van der Waals surface area contributed by atoms with Crippen molar-refractivity contribution in [2.24, 2.45) is 0 Å². The van der Waals surface area contributed by atoms with E-state index in [4.69, 9.17) is 4.74 Å². The summed E-state index contributed by atoms with van der Waals surface area (Å²) in [6.45, 7) is 1.50. The summed E-state index contributed by atoms with van der Waals surface area (Å²) < 4.78 is 18.9. The van der Waals surface area contributed by atoms with Gasteiger partial charge in [0.1, 0.15) is 11.9 Å². The molecule has 0 radical (unpaired) electrons. The maximum Gasteiger partial charge on any atom is 0.278 e. The Morgan fingerprint density at radius 3 is 3.00 bits per heavy atom. The van der Waals surface area contributed by atoms with Gasteiger partial charge in [-0.2, -0.15) is 0 Å². The van der Waals surface area contributed by atoms with Gasteiger partial charge in [0.25, 0.3) is 5.69 Å². The molecule has 1 heterocycles. The fourth-order valence-electron chi connectivity index (χ4n) is 1.75. The number of hydrogen-bond acceptors (Lipinski definition) is 4. The van der Waals surface area contributed by atoms with Crippen LogP contribution >= 0.6 is 0 Å². The van der Waals surface area contributed by atoms with Crippen LogP contribution in [0.2, 0.25) is 0 Å². The summed E-state index contributed by atoms with van der Waals surface area (Å²) in [6, 6.07) is 3.82. The van der Waals surface area contributed by atoms with Crippen LogP contribution in [0.5, 0.6) is 0 Å². The summed E-state index contributed by atoms with van der Waals surface area (Å²) in [7, 11) is 0. The predicted octanol–water partition coefficient (Wildman–Crippen LogP) is 1.39. The second kappa shape index (κ2) is 4.54. The molecule has 6 heteroatoms. The molecule has 0 aromatic heterocycles. The zero-order valence-electron chi connectivity index (χ0n) is 8.48. The lowest BCUT2D eigenvalue weighted by Crippen LogP contribution is -2.34. The van der Waals surface area contributed by atoms with Gasteiger partial charge in [-0.1, -0.05) is 6.07 Å². The lowest BCUT2D eigenvalue weighted by molar-refractivity contribution is -0.386. The Morgan fingerprint density at radius 1 is 1.56 bits per heavy atom. The Bertz CT molecular complexity index is 405. The molecular weight excluding hydrogens is 215 g/mol. The van der Waals surface area contributed by atoms with Crippen molar-refractivity contribution >= 4 is 5.69 Å². The standard InChI is InChI=1S/C10H11FN2O3/c11-7-2-1-3-8(13(14)15)10(7)9-6-12-4-5-16-9/h1-3,9,12H,4-6H2. The van der Waals surface area contributed by atoms with Gasteiger partial charge in [0, 0.05) is 19.2 Å². The quantitative estimate of drug-likeness (QED) is 0.611. The third-order valence-corrected chi connectivity index (χ3v) is 2.48. The number of nitro groups is 1. The van der Waals surface area contributed by atoms with E-state index in [1.165, 1.54) is 18.2 Å². The van der Waals surface area contributed by atoms with Gasteiger partial charge < -0.3 is 10.1 Å². The second-order valence-electron chi connectivity index (χ2n) is 3.49. The van der Waals surface area contributed by atoms with E-state index in [2.05, 4.69) is 5.32 Å². The Kier molecular flexibility index (Phi) is 3.12. The van der Waals surface area contributed by atoms with E-state index in [0.29, 0.717) is 19.7 Å². The fourth-order valence-corrected chi connectivity index (χ4v) is 1.75. The first-order valence-corrected chi connectivity index (χ1v) is 4.95. The largest absolute Gasteiger partial charge is 0.370 e. The third-order valence-electron chi connectivity index (χ3n) is 2.48. The molecule has 1 aliphatic rings. The number of nitrogens with one attached hydrogen (secondary N) is 1. The van der Waals surface area contributed by atoms with Crippen molar-refractivity contribution < 1.29 is 14.1 Å². The van der Waals surface area contributed by atoms with Crippen LogP contribution in [-0.4, -0.2) is 24.6 Å². The smallest absolute Gasteiger partial charge is 0.278 e. The summed E-state index contributed by atoms with van der Waals surface area (Å²) in [6.07, 6.45) is -0.588. The van der Waals surface area contributed by atoms with Gasteiger partial charge >= 0.3 is 0 Å². The monoisotopic (exact) mass is 226 g/mol. The van der Waals surface area contributed by atoms with Crippen LogP contribution in [0.4, 0.5) is 10.1 Å². The number of rotatable bonds is 2. The molecule has 0 saturated carbocycles. The van der Waals surface area contributed by atoms with Crippen LogP contribution in [0, 0.1) is 15.9 Å². The first-order chi connectivity index (χ1) is 7.70. The summed E-state index contributed by atoms with van der Waals surface area (Å²) >= 11 is 0. The van der Waals surface area contributed by atoms with Gasteiger partial charge in [0.15, 0.2) is 0 Å².